The highest BCUT2D eigenvalue weighted by atomic mass is 35.5. The van der Waals surface area contributed by atoms with E-state index in [0.717, 1.165) is 17.1 Å². The first kappa shape index (κ1) is 15.5. The zero-order valence-electron chi connectivity index (χ0n) is 12.1. The molecule has 2 N–H and O–H groups in total. The average molecular weight is 269 g/mol. The van der Waals surface area contributed by atoms with E-state index in [-0.39, 0.29) is 11.5 Å². The Balaban J connectivity index is 2.91. The maximum atomic E-state index is 6.19. The molecule has 0 bridgehead atoms. The van der Waals surface area contributed by atoms with Gasteiger partial charge in [-0.1, -0.05) is 44.5 Å². The molecule has 1 unspecified atom stereocenters. The van der Waals surface area contributed by atoms with Gasteiger partial charge in [0, 0.05) is 24.2 Å². The van der Waals surface area contributed by atoms with Gasteiger partial charge in [-0.2, -0.15) is 0 Å². The van der Waals surface area contributed by atoms with E-state index in [9.17, 15) is 0 Å². The van der Waals surface area contributed by atoms with Crippen molar-refractivity contribution in [1.29, 1.82) is 0 Å². The Morgan fingerprint density at radius 3 is 2.39 bits per heavy atom. The summed E-state index contributed by atoms with van der Waals surface area (Å²) in [5.74, 6) is 0. The third-order valence-electron chi connectivity index (χ3n) is 3.06. The van der Waals surface area contributed by atoms with Gasteiger partial charge in [-0.05, 0) is 36.6 Å². The number of halogens is 1. The summed E-state index contributed by atoms with van der Waals surface area (Å²) in [7, 11) is 2.12. The first-order valence-electron chi connectivity index (χ1n) is 6.41. The first-order chi connectivity index (χ1) is 8.24. The van der Waals surface area contributed by atoms with Crippen LogP contribution < -0.4 is 5.73 Å². The van der Waals surface area contributed by atoms with Crippen molar-refractivity contribution < 1.29 is 0 Å². The summed E-state index contributed by atoms with van der Waals surface area (Å²) in [6.45, 7) is 10.3. The summed E-state index contributed by atoms with van der Waals surface area (Å²) in [5, 5.41) is 0.815. The maximum absolute atomic E-state index is 6.19. The fraction of sp³-hybridized carbons (Fsp3) is 0.600. The van der Waals surface area contributed by atoms with Crippen molar-refractivity contribution in [3.63, 3.8) is 0 Å². The number of benzene rings is 1. The van der Waals surface area contributed by atoms with E-state index in [0.29, 0.717) is 6.54 Å². The number of likely N-dealkylation sites (N-methyl/N-ethyl adjacent to an activating group) is 1. The van der Waals surface area contributed by atoms with Crippen molar-refractivity contribution in [2.45, 2.75) is 33.7 Å². The first-order valence-corrected chi connectivity index (χ1v) is 6.79. The standard InChI is InChI=1S/C15H25ClN2/c1-11-6-7-12(8-13(11)16)14(9-17)18(5)10-15(2,3)4/h6-8,14H,9-10,17H2,1-5H3. The molecule has 1 atom stereocenters. The normalized spacial score (nSPS) is 14.0. The molecule has 102 valence electrons. The summed E-state index contributed by atoms with van der Waals surface area (Å²) >= 11 is 6.19. The summed E-state index contributed by atoms with van der Waals surface area (Å²) in [6.07, 6.45) is 0. The lowest BCUT2D eigenvalue weighted by Gasteiger charge is -2.33. The predicted octanol–water partition coefficient (Wildman–Crippen LogP) is 3.63. The van der Waals surface area contributed by atoms with Crippen LogP contribution in [-0.4, -0.2) is 25.0 Å². The Labute approximate surface area is 116 Å². The van der Waals surface area contributed by atoms with Gasteiger partial charge in [0.25, 0.3) is 0 Å². The van der Waals surface area contributed by atoms with Crippen molar-refractivity contribution in [2.75, 3.05) is 20.1 Å². The highest BCUT2D eigenvalue weighted by Crippen LogP contribution is 2.26. The minimum atomic E-state index is 0.224. The number of nitrogens with zero attached hydrogens (tertiary/aromatic N) is 1. The summed E-state index contributed by atoms with van der Waals surface area (Å²) in [4.78, 5) is 2.31. The Kier molecular flexibility index (Phi) is 5.20. The number of hydrogen-bond donors (Lipinski definition) is 1. The van der Waals surface area contributed by atoms with Crippen LogP contribution in [0.25, 0.3) is 0 Å². The second-order valence-electron chi connectivity index (χ2n) is 6.24. The van der Waals surface area contributed by atoms with Gasteiger partial charge in [-0.25, -0.2) is 0 Å². The maximum Gasteiger partial charge on any atom is 0.0468 e. The zero-order valence-corrected chi connectivity index (χ0v) is 12.9. The smallest absolute Gasteiger partial charge is 0.0468 e. The fourth-order valence-electron chi connectivity index (χ4n) is 2.25. The molecule has 1 aromatic rings. The van der Waals surface area contributed by atoms with E-state index in [2.05, 4.69) is 44.9 Å². The average Bonchev–Trinajstić information content (AvgIpc) is 2.21. The van der Waals surface area contributed by atoms with Gasteiger partial charge in [-0.15, -0.1) is 0 Å². The van der Waals surface area contributed by atoms with E-state index in [1.807, 2.05) is 13.0 Å². The molecule has 0 radical (unpaired) electrons. The van der Waals surface area contributed by atoms with Crippen LogP contribution in [0.3, 0.4) is 0 Å². The van der Waals surface area contributed by atoms with Crippen LogP contribution in [0.5, 0.6) is 0 Å². The van der Waals surface area contributed by atoms with Gasteiger partial charge < -0.3 is 5.73 Å². The molecule has 0 aromatic heterocycles. The van der Waals surface area contributed by atoms with Crippen LogP contribution in [0.4, 0.5) is 0 Å². The molecule has 0 spiro atoms. The second-order valence-corrected chi connectivity index (χ2v) is 6.64. The predicted molar refractivity (Wildman–Crippen MR) is 80.1 cm³/mol. The van der Waals surface area contributed by atoms with Crippen LogP contribution in [0, 0.1) is 12.3 Å². The highest BCUT2D eigenvalue weighted by Gasteiger charge is 2.21. The van der Waals surface area contributed by atoms with Crippen molar-refractivity contribution >= 4 is 11.6 Å². The summed E-state index contributed by atoms with van der Waals surface area (Å²) in [5.41, 5.74) is 8.49. The number of hydrogen-bond acceptors (Lipinski definition) is 2. The minimum Gasteiger partial charge on any atom is -0.329 e. The fourth-order valence-corrected chi connectivity index (χ4v) is 2.43. The monoisotopic (exact) mass is 268 g/mol. The molecule has 3 heteroatoms. The Bertz CT molecular complexity index is 396. The summed E-state index contributed by atoms with van der Waals surface area (Å²) < 4.78 is 0. The molecule has 0 amide bonds. The lowest BCUT2D eigenvalue weighted by Crippen LogP contribution is -2.36. The van der Waals surface area contributed by atoms with Crippen molar-refractivity contribution in [1.82, 2.24) is 4.90 Å². The molecule has 0 saturated heterocycles. The molecule has 0 aliphatic heterocycles. The van der Waals surface area contributed by atoms with Crippen molar-refractivity contribution in [3.05, 3.63) is 34.3 Å². The quantitative estimate of drug-likeness (QED) is 0.904. The molecule has 1 rings (SSSR count). The molecule has 2 nitrogen and oxygen atoms in total. The second kappa shape index (κ2) is 6.05. The largest absolute Gasteiger partial charge is 0.329 e. The van der Waals surface area contributed by atoms with Crippen LogP contribution >= 0.6 is 11.6 Å². The molecule has 0 saturated carbocycles. The van der Waals surface area contributed by atoms with Crippen molar-refractivity contribution in [2.24, 2.45) is 11.1 Å². The number of rotatable bonds is 4. The van der Waals surface area contributed by atoms with E-state index in [1.54, 1.807) is 0 Å². The molecule has 0 heterocycles. The summed E-state index contributed by atoms with van der Waals surface area (Å²) in [6, 6.07) is 6.44. The minimum absolute atomic E-state index is 0.224. The van der Waals surface area contributed by atoms with Gasteiger partial charge in [-0.3, -0.25) is 4.90 Å². The zero-order chi connectivity index (χ0) is 13.9. The molecule has 0 aliphatic rings. The topological polar surface area (TPSA) is 29.3 Å². The van der Waals surface area contributed by atoms with E-state index < -0.39 is 0 Å². The van der Waals surface area contributed by atoms with Gasteiger partial charge in [0.15, 0.2) is 0 Å². The molecule has 0 aliphatic carbocycles. The Morgan fingerprint density at radius 2 is 1.94 bits per heavy atom. The van der Waals surface area contributed by atoms with E-state index >= 15 is 0 Å². The van der Waals surface area contributed by atoms with E-state index in [4.69, 9.17) is 17.3 Å². The van der Waals surface area contributed by atoms with Gasteiger partial charge in [0.1, 0.15) is 0 Å². The van der Waals surface area contributed by atoms with Gasteiger partial charge in [0.05, 0.1) is 0 Å². The SMILES string of the molecule is Cc1ccc(C(CN)N(C)CC(C)(C)C)cc1Cl. The third-order valence-corrected chi connectivity index (χ3v) is 3.47. The highest BCUT2D eigenvalue weighted by molar-refractivity contribution is 6.31. The Morgan fingerprint density at radius 1 is 1.33 bits per heavy atom. The lowest BCUT2D eigenvalue weighted by molar-refractivity contribution is 0.176. The van der Waals surface area contributed by atoms with Crippen LogP contribution in [0.2, 0.25) is 5.02 Å². The van der Waals surface area contributed by atoms with Crippen LogP contribution in [0.1, 0.15) is 37.9 Å². The van der Waals surface area contributed by atoms with Crippen molar-refractivity contribution in [3.8, 4) is 0 Å². The molecule has 18 heavy (non-hydrogen) atoms. The molecular formula is C15H25ClN2. The van der Waals surface area contributed by atoms with Crippen LogP contribution in [0.15, 0.2) is 18.2 Å². The lowest BCUT2D eigenvalue weighted by atomic mass is 9.94. The molecular weight excluding hydrogens is 244 g/mol. The third kappa shape index (κ3) is 4.27. The number of nitrogens with two attached hydrogens (primary N) is 1. The number of aryl methyl sites for hydroxylation is 1. The molecule has 1 aromatic carbocycles. The molecule has 0 fully saturated rings. The Hall–Kier alpha value is -0.570. The van der Waals surface area contributed by atoms with Gasteiger partial charge >= 0.3 is 0 Å². The van der Waals surface area contributed by atoms with Gasteiger partial charge in [0.2, 0.25) is 0 Å². The van der Waals surface area contributed by atoms with E-state index in [1.165, 1.54) is 5.56 Å². The van der Waals surface area contributed by atoms with Crippen LogP contribution in [-0.2, 0) is 0 Å².